The summed E-state index contributed by atoms with van der Waals surface area (Å²) in [5, 5.41) is 11.5. The molecule has 3 nitrogen and oxygen atoms in total. The maximum Gasteiger partial charge on any atom is 0.119 e. The van der Waals surface area contributed by atoms with Gasteiger partial charge >= 0.3 is 0 Å². The highest BCUT2D eigenvalue weighted by Gasteiger charge is 2.08. The Labute approximate surface area is 66.8 Å². The number of hydrogen-bond acceptors (Lipinski definition) is 3. The number of nitrogens with zero attached hydrogens (tertiary/aromatic N) is 1. The van der Waals surface area contributed by atoms with Crippen LogP contribution in [0.25, 0.3) is 0 Å². The lowest BCUT2D eigenvalue weighted by atomic mass is 10.3. The van der Waals surface area contributed by atoms with E-state index < -0.39 is 0 Å². The third kappa shape index (κ3) is 3.02. The van der Waals surface area contributed by atoms with Crippen molar-refractivity contribution in [3.8, 4) is 6.07 Å². The Bertz CT molecular complexity index is 115. The molecule has 1 rings (SSSR count). The average molecular weight is 163 g/mol. The van der Waals surface area contributed by atoms with Crippen LogP contribution in [-0.2, 0) is 4.74 Å². The van der Waals surface area contributed by atoms with Gasteiger partial charge in [-0.1, -0.05) is 0 Å². The van der Waals surface area contributed by atoms with Crippen LogP contribution < -0.4 is 5.32 Å². The molecule has 1 heterocycles. The van der Waals surface area contributed by atoms with Gasteiger partial charge in [-0.05, 0) is 13.0 Å². The minimum absolute atomic E-state index is 0. The molecule has 0 amide bonds. The molecule has 0 aromatic rings. The van der Waals surface area contributed by atoms with Crippen LogP contribution in [-0.4, -0.2) is 25.8 Å². The second-order valence-corrected chi connectivity index (χ2v) is 2.06. The van der Waals surface area contributed by atoms with Crippen molar-refractivity contribution < 1.29 is 4.74 Å². The zero-order valence-electron chi connectivity index (χ0n) is 5.67. The topological polar surface area (TPSA) is 45.0 Å². The molecule has 1 aliphatic rings. The van der Waals surface area contributed by atoms with Crippen LogP contribution in [0, 0.1) is 11.3 Å². The molecule has 1 aliphatic heterocycles. The van der Waals surface area contributed by atoms with Crippen molar-refractivity contribution in [1.29, 1.82) is 5.26 Å². The average Bonchev–Trinajstić information content (AvgIpc) is 2.13. The molecule has 0 aromatic heterocycles. The van der Waals surface area contributed by atoms with Crippen LogP contribution in [0.2, 0.25) is 0 Å². The molecule has 0 aromatic carbocycles. The molecule has 1 N–H and O–H groups in total. The Morgan fingerprint density at radius 3 is 3.10 bits per heavy atom. The highest BCUT2D eigenvalue weighted by Crippen LogP contribution is 1.92. The van der Waals surface area contributed by atoms with Gasteiger partial charge in [0.25, 0.3) is 0 Å². The zero-order valence-corrected chi connectivity index (χ0v) is 6.49. The van der Waals surface area contributed by atoms with Gasteiger partial charge in [-0.3, -0.25) is 5.32 Å². The number of nitriles is 1. The molecule has 1 unspecified atom stereocenters. The largest absolute Gasteiger partial charge is 0.379 e. The minimum Gasteiger partial charge on any atom is -0.379 e. The molecular weight excluding hydrogens is 152 g/mol. The number of hydrogen-bond donors (Lipinski definition) is 1. The van der Waals surface area contributed by atoms with Crippen LogP contribution in [0.1, 0.15) is 6.42 Å². The molecule has 4 heteroatoms. The number of rotatable bonds is 0. The van der Waals surface area contributed by atoms with E-state index in [-0.39, 0.29) is 18.4 Å². The smallest absolute Gasteiger partial charge is 0.119 e. The van der Waals surface area contributed by atoms with E-state index in [9.17, 15) is 0 Å². The Kier molecular flexibility index (Phi) is 5.32. The lowest BCUT2D eigenvalue weighted by molar-refractivity contribution is 0.141. The summed E-state index contributed by atoms with van der Waals surface area (Å²) in [6.07, 6.45) is 1.01. The maximum absolute atomic E-state index is 8.42. The van der Waals surface area contributed by atoms with Crippen molar-refractivity contribution in [1.82, 2.24) is 5.32 Å². The molecule has 10 heavy (non-hydrogen) atoms. The van der Waals surface area contributed by atoms with Crippen molar-refractivity contribution in [2.75, 3.05) is 19.8 Å². The molecule has 0 bridgehead atoms. The summed E-state index contributed by atoms with van der Waals surface area (Å²) in [5.74, 6) is 0. The number of nitrogens with one attached hydrogen (secondary N) is 1. The lowest BCUT2D eigenvalue weighted by Crippen LogP contribution is -2.29. The summed E-state index contributed by atoms with van der Waals surface area (Å²) < 4.78 is 5.11. The van der Waals surface area contributed by atoms with E-state index in [0.29, 0.717) is 6.61 Å². The highest BCUT2D eigenvalue weighted by molar-refractivity contribution is 5.85. The predicted molar refractivity (Wildman–Crippen MR) is 40.1 cm³/mol. The lowest BCUT2D eigenvalue weighted by Gasteiger charge is -2.02. The van der Waals surface area contributed by atoms with Gasteiger partial charge in [-0.2, -0.15) is 5.26 Å². The van der Waals surface area contributed by atoms with Crippen LogP contribution in [0.5, 0.6) is 0 Å². The SMILES string of the molecule is Cl.N#CC1COCCCN1. The van der Waals surface area contributed by atoms with Crippen molar-refractivity contribution in [3.63, 3.8) is 0 Å². The third-order valence-corrected chi connectivity index (χ3v) is 1.30. The second kappa shape index (κ2) is 5.48. The van der Waals surface area contributed by atoms with E-state index in [2.05, 4.69) is 11.4 Å². The van der Waals surface area contributed by atoms with Gasteiger partial charge in [-0.15, -0.1) is 12.4 Å². The van der Waals surface area contributed by atoms with E-state index in [0.717, 1.165) is 19.6 Å². The van der Waals surface area contributed by atoms with Gasteiger partial charge in [0.15, 0.2) is 0 Å². The summed E-state index contributed by atoms with van der Waals surface area (Å²) in [6.45, 7) is 2.22. The standard InChI is InChI=1S/C6H10N2O.ClH/c7-4-6-5-9-3-1-2-8-6;/h6,8H,1-3,5H2;1H. The van der Waals surface area contributed by atoms with Crippen LogP contribution in [0.15, 0.2) is 0 Å². The van der Waals surface area contributed by atoms with Crippen LogP contribution >= 0.6 is 12.4 Å². The monoisotopic (exact) mass is 162 g/mol. The first kappa shape index (κ1) is 9.70. The number of halogens is 1. The minimum atomic E-state index is -0.0903. The summed E-state index contributed by atoms with van der Waals surface area (Å²) in [5.41, 5.74) is 0. The van der Waals surface area contributed by atoms with Crippen LogP contribution in [0.4, 0.5) is 0 Å². The van der Waals surface area contributed by atoms with Gasteiger partial charge in [0.1, 0.15) is 6.04 Å². The van der Waals surface area contributed by atoms with Gasteiger partial charge in [0.05, 0.1) is 12.7 Å². The molecule has 1 atom stereocenters. The molecule has 58 valence electrons. The first-order chi connectivity index (χ1) is 4.43. The molecule has 1 fully saturated rings. The first-order valence-electron chi connectivity index (χ1n) is 3.14. The van der Waals surface area contributed by atoms with E-state index in [4.69, 9.17) is 10.00 Å². The van der Waals surface area contributed by atoms with Crippen molar-refractivity contribution in [3.05, 3.63) is 0 Å². The Morgan fingerprint density at radius 2 is 2.40 bits per heavy atom. The highest BCUT2D eigenvalue weighted by atomic mass is 35.5. The molecule has 0 radical (unpaired) electrons. The Hall–Kier alpha value is -0.300. The van der Waals surface area contributed by atoms with Crippen LogP contribution in [0.3, 0.4) is 0 Å². The van der Waals surface area contributed by atoms with Gasteiger partial charge in [0.2, 0.25) is 0 Å². The maximum atomic E-state index is 8.42. The van der Waals surface area contributed by atoms with E-state index >= 15 is 0 Å². The van der Waals surface area contributed by atoms with Crippen molar-refractivity contribution >= 4 is 12.4 Å². The van der Waals surface area contributed by atoms with Crippen molar-refractivity contribution in [2.24, 2.45) is 0 Å². The van der Waals surface area contributed by atoms with E-state index in [1.807, 2.05) is 0 Å². The number of ether oxygens (including phenoxy) is 1. The first-order valence-corrected chi connectivity index (χ1v) is 3.14. The van der Waals surface area contributed by atoms with Crippen molar-refractivity contribution in [2.45, 2.75) is 12.5 Å². The fourth-order valence-corrected chi connectivity index (χ4v) is 0.794. The molecule has 0 aliphatic carbocycles. The summed E-state index contributed by atoms with van der Waals surface area (Å²) in [7, 11) is 0. The second-order valence-electron chi connectivity index (χ2n) is 2.06. The molecule has 1 saturated heterocycles. The fraction of sp³-hybridized carbons (Fsp3) is 0.833. The Morgan fingerprint density at radius 1 is 1.60 bits per heavy atom. The molecule has 0 spiro atoms. The normalized spacial score (nSPS) is 25.7. The third-order valence-electron chi connectivity index (χ3n) is 1.30. The molecular formula is C6H11ClN2O. The van der Waals surface area contributed by atoms with Gasteiger partial charge in [-0.25, -0.2) is 0 Å². The summed E-state index contributed by atoms with van der Waals surface area (Å²) in [6, 6.07) is 2.02. The quantitative estimate of drug-likeness (QED) is 0.558. The fourth-order valence-electron chi connectivity index (χ4n) is 0.794. The van der Waals surface area contributed by atoms with Gasteiger partial charge in [0, 0.05) is 6.61 Å². The summed E-state index contributed by atoms with van der Waals surface area (Å²) >= 11 is 0. The molecule has 0 saturated carbocycles. The van der Waals surface area contributed by atoms with Gasteiger partial charge < -0.3 is 4.74 Å². The Balaban J connectivity index is 0.000000810. The predicted octanol–water partition coefficient (Wildman–Crippen LogP) is 0.310. The van der Waals surface area contributed by atoms with E-state index in [1.54, 1.807) is 0 Å². The summed E-state index contributed by atoms with van der Waals surface area (Å²) in [4.78, 5) is 0. The zero-order chi connectivity index (χ0) is 6.53. The van der Waals surface area contributed by atoms with E-state index in [1.165, 1.54) is 0 Å².